The Morgan fingerprint density at radius 1 is 1.41 bits per heavy atom. The Morgan fingerprint density at radius 3 is 2.86 bits per heavy atom. The van der Waals surface area contributed by atoms with Crippen LogP contribution in [0, 0.1) is 0 Å². The van der Waals surface area contributed by atoms with Gasteiger partial charge in [0, 0.05) is 0 Å². The van der Waals surface area contributed by atoms with Crippen molar-refractivity contribution in [3.8, 4) is 5.75 Å². The molecule has 6 heteroatoms. The van der Waals surface area contributed by atoms with Crippen LogP contribution in [0.3, 0.4) is 0 Å². The maximum Gasteiger partial charge on any atom is 0.239 e. The Hall–Kier alpha value is -2.08. The number of ether oxygens (including phenoxy) is 1. The first-order chi connectivity index (χ1) is 10.7. The summed E-state index contributed by atoms with van der Waals surface area (Å²) in [7, 11) is 0. The fourth-order valence-electron chi connectivity index (χ4n) is 1.78. The highest BCUT2D eigenvalue weighted by atomic mass is 32.2. The van der Waals surface area contributed by atoms with Gasteiger partial charge in [-0.05, 0) is 42.7 Å². The van der Waals surface area contributed by atoms with Crippen LogP contribution >= 0.6 is 11.8 Å². The molecule has 1 heterocycles. The highest BCUT2D eigenvalue weighted by Gasteiger charge is 2.28. The quantitative estimate of drug-likeness (QED) is 0.478. The van der Waals surface area contributed by atoms with Gasteiger partial charge in [-0.3, -0.25) is 4.79 Å². The molecule has 0 saturated carbocycles. The number of hydrogen-bond donors (Lipinski definition) is 1. The van der Waals surface area contributed by atoms with Gasteiger partial charge in [-0.1, -0.05) is 24.8 Å². The molecule has 0 radical (unpaired) electrons. The fraction of sp³-hybridized carbons (Fsp3) is 0.312. The molecule has 1 N–H and O–H groups in total. The average Bonchev–Trinajstić information content (AvgIpc) is 2.87. The van der Waals surface area contributed by atoms with Crippen LogP contribution in [-0.4, -0.2) is 29.1 Å². The lowest BCUT2D eigenvalue weighted by molar-refractivity contribution is -0.118. The van der Waals surface area contributed by atoms with E-state index < -0.39 is 0 Å². The van der Waals surface area contributed by atoms with E-state index in [1.165, 1.54) is 11.8 Å². The van der Waals surface area contributed by atoms with Gasteiger partial charge in [0.1, 0.15) is 5.75 Å². The standard InChI is InChI=1S/C16H19N3O2S/c1-3-5-14-15(20)18-16(22-14)19-17-11-12-6-8-13(9-7-12)21-10-4-2/h3,6-9,11,14H,1,4-5,10H2,2H3,(H,18,19,20)/t14-/m1/s1. The number of amidine groups is 1. The maximum atomic E-state index is 11.6. The molecule has 1 aliphatic rings. The van der Waals surface area contributed by atoms with E-state index in [0.717, 1.165) is 17.7 Å². The van der Waals surface area contributed by atoms with Crippen molar-refractivity contribution in [2.24, 2.45) is 10.2 Å². The third-order valence-electron chi connectivity index (χ3n) is 2.87. The Kier molecular flexibility index (Phi) is 6.21. The van der Waals surface area contributed by atoms with Gasteiger partial charge in [0.25, 0.3) is 0 Å². The van der Waals surface area contributed by atoms with Gasteiger partial charge < -0.3 is 10.1 Å². The van der Waals surface area contributed by atoms with Crippen LogP contribution in [0.15, 0.2) is 47.1 Å². The molecule has 0 aliphatic carbocycles. The number of nitrogens with zero attached hydrogens (tertiary/aromatic N) is 2. The minimum Gasteiger partial charge on any atom is -0.494 e. The zero-order chi connectivity index (χ0) is 15.8. The third kappa shape index (κ3) is 4.73. The Bertz CT molecular complexity index is 582. The highest BCUT2D eigenvalue weighted by Crippen LogP contribution is 2.22. The van der Waals surface area contributed by atoms with E-state index in [0.29, 0.717) is 18.2 Å². The lowest BCUT2D eigenvalue weighted by Crippen LogP contribution is -2.24. The van der Waals surface area contributed by atoms with E-state index in [9.17, 15) is 4.79 Å². The third-order valence-corrected chi connectivity index (χ3v) is 3.96. The van der Waals surface area contributed by atoms with Crippen LogP contribution in [0.1, 0.15) is 25.3 Å². The van der Waals surface area contributed by atoms with Gasteiger partial charge in [-0.2, -0.15) is 5.10 Å². The van der Waals surface area contributed by atoms with Gasteiger partial charge >= 0.3 is 0 Å². The molecule has 1 amide bonds. The summed E-state index contributed by atoms with van der Waals surface area (Å²) in [4.78, 5) is 11.6. The molecule has 5 nitrogen and oxygen atoms in total. The fourth-order valence-corrected chi connectivity index (χ4v) is 2.70. The van der Waals surface area contributed by atoms with Gasteiger partial charge in [0.05, 0.1) is 18.1 Å². The number of nitrogens with one attached hydrogen (secondary N) is 1. The maximum absolute atomic E-state index is 11.6. The van der Waals surface area contributed by atoms with Gasteiger partial charge in [-0.15, -0.1) is 11.7 Å². The smallest absolute Gasteiger partial charge is 0.239 e. The van der Waals surface area contributed by atoms with Crippen LogP contribution < -0.4 is 10.1 Å². The van der Waals surface area contributed by atoms with Crippen molar-refractivity contribution in [3.63, 3.8) is 0 Å². The normalized spacial score (nSPS) is 19.6. The van der Waals surface area contributed by atoms with Crippen molar-refractivity contribution in [1.82, 2.24) is 5.32 Å². The molecule has 0 bridgehead atoms. The molecular weight excluding hydrogens is 298 g/mol. The molecule has 1 atom stereocenters. The number of rotatable bonds is 7. The van der Waals surface area contributed by atoms with Crippen LogP contribution in [0.5, 0.6) is 5.75 Å². The van der Waals surface area contributed by atoms with Crippen molar-refractivity contribution in [1.29, 1.82) is 0 Å². The summed E-state index contributed by atoms with van der Waals surface area (Å²) in [5.74, 6) is 0.799. The summed E-state index contributed by atoms with van der Waals surface area (Å²) < 4.78 is 5.51. The highest BCUT2D eigenvalue weighted by molar-refractivity contribution is 8.15. The number of hydrogen-bond acceptors (Lipinski definition) is 5. The van der Waals surface area contributed by atoms with Crippen LogP contribution in [0.4, 0.5) is 0 Å². The summed E-state index contributed by atoms with van der Waals surface area (Å²) in [6.07, 6.45) is 4.98. The largest absolute Gasteiger partial charge is 0.494 e. The van der Waals surface area contributed by atoms with E-state index in [2.05, 4.69) is 29.0 Å². The van der Waals surface area contributed by atoms with E-state index >= 15 is 0 Å². The lowest BCUT2D eigenvalue weighted by atomic mass is 10.2. The number of carbonyl (C=O) groups excluding carboxylic acids is 1. The summed E-state index contributed by atoms with van der Waals surface area (Å²) in [6.45, 7) is 6.42. The van der Waals surface area contributed by atoms with Gasteiger partial charge in [0.2, 0.25) is 5.91 Å². The summed E-state index contributed by atoms with van der Waals surface area (Å²) in [6, 6.07) is 7.62. The monoisotopic (exact) mass is 317 g/mol. The molecule has 116 valence electrons. The van der Waals surface area contributed by atoms with Crippen molar-refractivity contribution in [2.45, 2.75) is 25.0 Å². The zero-order valence-electron chi connectivity index (χ0n) is 12.5. The first-order valence-electron chi connectivity index (χ1n) is 7.15. The predicted molar refractivity (Wildman–Crippen MR) is 91.6 cm³/mol. The molecule has 1 aromatic carbocycles. The minimum atomic E-state index is -0.151. The Labute approximate surface area is 134 Å². The number of amides is 1. The van der Waals surface area contributed by atoms with E-state index in [1.54, 1.807) is 12.3 Å². The first-order valence-corrected chi connectivity index (χ1v) is 8.03. The molecule has 1 aliphatic heterocycles. The molecule has 0 spiro atoms. The van der Waals surface area contributed by atoms with Crippen LogP contribution in [-0.2, 0) is 4.79 Å². The summed E-state index contributed by atoms with van der Waals surface area (Å²) >= 11 is 1.37. The van der Waals surface area contributed by atoms with Crippen molar-refractivity contribution >= 4 is 29.1 Å². The summed E-state index contributed by atoms with van der Waals surface area (Å²) in [5.41, 5.74) is 0.921. The zero-order valence-corrected chi connectivity index (χ0v) is 13.3. The van der Waals surface area contributed by atoms with Crippen molar-refractivity contribution < 1.29 is 9.53 Å². The number of benzene rings is 1. The number of thioether (sulfide) groups is 1. The average molecular weight is 317 g/mol. The molecule has 0 unspecified atom stereocenters. The van der Waals surface area contributed by atoms with Gasteiger partial charge in [0.15, 0.2) is 5.17 Å². The molecule has 2 rings (SSSR count). The molecule has 0 aromatic heterocycles. The number of carbonyl (C=O) groups is 1. The topological polar surface area (TPSA) is 63.1 Å². The summed E-state index contributed by atoms with van der Waals surface area (Å²) in [5, 5.41) is 11.1. The van der Waals surface area contributed by atoms with Crippen LogP contribution in [0.25, 0.3) is 0 Å². The minimum absolute atomic E-state index is 0.0451. The second kappa shape index (κ2) is 8.38. The van der Waals surface area contributed by atoms with E-state index in [-0.39, 0.29) is 11.2 Å². The predicted octanol–water partition coefficient (Wildman–Crippen LogP) is 2.97. The van der Waals surface area contributed by atoms with Crippen molar-refractivity contribution in [2.75, 3.05) is 6.61 Å². The molecule has 1 aromatic rings. The van der Waals surface area contributed by atoms with E-state index in [1.807, 2.05) is 24.3 Å². The van der Waals surface area contributed by atoms with E-state index in [4.69, 9.17) is 4.74 Å². The second-order valence-electron chi connectivity index (χ2n) is 4.69. The number of allylic oxidation sites excluding steroid dienone is 1. The van der Waals surface area contributed by atoms with Crippen molar-refractivity contribution in [3.05, 3.63) is 42.5 Å². The second-order valence-corrected chi connectivity index (χ2v) is 5.88. The van der Waals surface area contributed by atoms with Crippen LogP contribution in [0.2, 0.25) is 0 Å². The molecule has 1 saturated heterocycles. The lowest BCUT2D eigenvalue weighted by Gasteiger charge is -2.03. The SMILES string of the molecule is C=CC[C@H]1S/C(=N/N=Cc2ccc(OCCC)cc2)NC1=O. The Balaban J connectivity index is 1.90. The molecular formula is C16H19N3O2S. The molecule has 22 heavy (non-hydrogen) atoms. The molecule has 1 fully saturated rings. The Morgan fingerprint density at radius 2 is 2.18 bits per heavy atom. The first kappa shape index (κ1) is 16.3. The van der Waals surface area contributed by atoms with Gasteiger partial charge in [-0.25, -0.2) is 0 Å².